The number of nitriles is 1. The number of hydrogen-bond donors (Lipinski definition) is 1. The third-order valence-corrected chi connectivity index (χ3v) is 8.28. The van der Waals surface area contributed by atoms with Gasteiger partial charge in [-0.3, -0.25) is 4.79 Å². The molecule has 1 aliphatic heterocycles. The van der Waals surface area contributed by atoms with Gasteiger partial charge in [0.25, 0.3) is 0 Å². The van der Waals surface area contributed by atoms with Crippen LogP contribution in [0.4, 0.5) is 0 Å². The van der Waals surface area contributed by atoms with Crippen LogP contribution in [0, 0.1) is 17.2 Å². The van der Waals surface area contributed by atoms with Crippen LogP contribution in [0.25, 0.3) is 0 Å². The summed E-state index contributed by atoms with van der Waals surface area (Å²) in [6.45, 7) is 8.29. The molecule has 0 saturated carbocycles. The molecule has 160 valence electrons. The number of hydrogen-bond acceptors (Lipinski definition) is 6. The highest BCUT2D eigenvalue weighted by Gasteiger charge is 2.32. The highest BCUT2D eigenvalue weighted by Crippen LogP contribution is 2.25. The normalized spacial score (nSPS) is 19.0. The highest BCUT2D eigenvalue weighted by molar-refractivity contribution is 8.00. The number of nitrogens with one attached hydrogen (secondary N) is 1. The number of sulfonamides is 1. The molecule has 7 nitrogen and oxygen atoms in total. The van der Waals surface area contributed by atoms with Gasteiger partial charge in [-0.1, -0.05) is 38.5 Å². The Morgan fingerprint density at radius 2 is 1.86 bits per heavy atom. The summed E-state index contributed by atoms with van der Waals surface area (Å²) < 4.78 is 27.2. The van der Waals surface area contributed by atoms with Crippen LogP contribution in [0.5, 0.6) is 0 Å². The van der Waals surface area contributed by atoms with E-state index < -0.39 is 20.8 Å². The average molecular weight is 439 g/mol. The van der Waals surface area contributed by atoms with Crippen LogP contribution in [-0.2, 0) is 14.8 Å². The number of thioether (sulfide) groups is 1. The number of aromatic nitrogens is 1. The fraction of sp³-hybridized carbons (Fsp3) is 0.650. The summed E-state index contributed by atoms with van der Waals surface area (Å²) in [7, 11) is -3.54. The Kier molecular flexibility index (Phi) is 8.09. The van der Waals surface area contributed by atoms with E-state index in [1.54, 1.807) is 26.0 Å². The monoisotopic (exact) mass is 438 g/mol. The molecule has 0 radical (unpaired) electrons. The van der Waals surface area contributed by atoms with Crippen molar-refractivity contribution in [3.8, 4) is 6.07 Å². The van der Waals surface area contributed by atoms with Gasteiger partial charge in [0.15, 0.2) is 0 Å². The molecule has 2 heterocycles. The number of carbonyl (C=O) groups is 1. The van der Waals surface area contributed by atoms with Crippen LogP contribution >= 0.6 is 11.8 Å². The molecule has 0 bridgehead atoms. The van der Waals surface area contributed by atoms with E-state index in [0.717, 1.165) is 25.7 Å². The number of carbonyl (C=O) groups excluding carboxylic acids is 1. The predicted octanol–water partition coefficient (Wildman–Crippen LogP) is 3.18. The first-order chi connectivity index (χ1) is 13.6. The van der Waals surface area contributed by atoms with E-state index in [1.165, 1.54) is 22.3 Å². The number of nitrogens with zero attached hydrogens (tertiary/aromatic N) is 3. The Balaban J connectivity index is 2.04. The van der Waals surface area contributed by atoms with Crippen molar-refractivity contribution in [3.05, 3.63) is 18.3 Å². The lowest BCUT2D eigenvalue weighted by Gasteiger charge is -2.28. The molecule has 0 unspecified atom stereocenters. The number of pyridine rings is 1. The van der Waals surface area contributed by atoms with Crippen LogP contribution in [0.15, 0.2) is 28.3 Å². The van der Waals surface area contributed by atoms with Crippen molar-refractivity contribution in [2.24, 2.45) is 5.92 Å². The van der Waals surface area contributed by atoms with Gasteiger partial charge in [-0.2, -0.15) is 9.57 Å². The van der Waals surface area contributed by atoms with E-state index in [1.807, 2.05) is 13.8 Å². The van der Waals surface area contributed by atoms with Crippen LogP contribution in [0.3, 0.4) is 0 Å². The summed E-state index contributed by atoms with van der Waals surface area (Å²) in [6.07, 6.45) is 5.24. The van der Waals surface area contributed by atoms with Crippen molar-refractivity contribution in [2.45, 2.75) is 74.1 Å². The van der Waals surface area contributed by atoms with Crippen molar-refractivity contribution in [1.29, 1.82) is 5.26 Å². The minimum Gasteiger partial charge on any atom is -0.337 e. The van der Waals surface area contributed by atoms with Crippen LogP contribution in [0.2, 0.25) is 0 Å². The first kappa shape index (κ1) is 23.6. The lowest BCUT2D eigenvalue weighted by molar-refractivity contribution is -0.121. The minimum absolute atomic E-state index is 0.0322. The van der Waals surface area contributed by atoms with E-state index in [0.29, 0.717) is 18.1 Å². The van der Waals surface area contributed by atoms with Crippen molar-refractivity contribution in [1.82, 2.24) is 14.6 Å². The molecular formula is C20H30N4O3S2. The van der Waals surface area contributed by atoms with Crippen molar-refractivity contribution in [2.75, 3.05) is 13.1 Å². The van der Waals surface area contributed by atoms with Gasteiger partial charge in [-0.15, -0.1) is 0 Å². The molecule has 0 aromatic carbocycles. The lowest BCUT2D eigenvalue weighted by atomic mass is 9.90. The second-order valence-electron chi connectivity index (χ2n) is 7.87. The molecule has 1 amide bonds. The molecule has 1 aromatic rings. The van der Waals surface area contributed by atoms with Crippen LogP contribution in [-0.4, -0.2) is 47.5 Å². The smallest absolute Gasteiger partial charge is 0.244 e. The zero-order valence-electron chi connectivity index (χ0n) is 17.5. The molecule has 0 spiro atoms. The van der Waals surface area contributed by atoms with E-state index in [-0.39, 0.29) is 16.7 Å². The lowest BCUT2D eigenvalue weighted by Crippen LogP contribution is -2.51. The van der Waals surface area contributed by atoms with Crippen LogP contribution in [0.1, 0.15) is 53.4 Å². The second-order valence-corrected chi connectivity index (χ2v) is 11.2. The fourth-order valence-electron chi connectivity index (χ4n) is 2.91. The maximum atomic E-state index is 12.8. The summed E-state index contributed by atoms with van der Waals surface area (Å²) in [5.41, 5.74) is -0.940. The Morgan fingerprint density at radius 3 is 2.34 bits per heavy atom. The third kappa shape index (κ3) is 5.93. The van der Waals surface area contributed by atoms with Crippen molar-refractivity contribution >= 4 is 27.7 Å². The van der Waals surface area contributed by atoms with E-state index in [2.05, 4.69) is 16.4 Å². The zero-order chi connectivity index (χ0) is 21.7. The fourth-order valence-corrected chi connectivity index (χ4v) is 5.17. The molecule has 29 heavy (non-hydrogen) atoms. The number of amides is 1. The molecule has 1 saturated heterocycles. The molecule has 1 N–H and O–H groups in total. The van der Waals surface area contributed by atoms with Gasteiger partial charge in [-0.25, -0.2) is 13.4 Å². The van der Waals surface area contributed by atoms with Gasteiger partial charge in [0.2, 0.25) is 15.9 Å². The molecule has 1 aromatic heterocycles. The Hall–Kier alpha value is -1.63. The summed E-state index contributed by atoms with van der Waals surface area (Å²) in [5, 5.41) is 12.2. The van der Waals surface area contributed by atoms with Gasteiger partial charge in [0, 0.05) is 19.3 Å². The zero-order valence-corrected chi connectivity index (χ0v) is 19.1. The van der Waals surface area contributed by atoms with Gasteiger partial charge >= 0.3 is 0 Å². The van der Waals surface area contributed by atoms with E-state index in [9.17, 15) is 18.5 Å². The molecule has 2 atom stereocenters. The highest BCUT2D eigenvalue weighted by atomic mass is 32.2. The third-order valence-electron chi connectivity index (χ3n) is 5.35. The van der Waals surface area contributed by atoms with Gasteiger partial charge < -0.3 is 5.32 Å². The summed E-state index contributed by atoms with van der Waals surface area (Å²) in [6, 6.07) is 5.34. The number of rotatable bonds is 7. The Bertz CT molecular complexity index is 841. The molecule has 2 rings (SSSR count). The summed E-state index contributed by atoms with van der Waals surface area (Å²) in [4.78, 5) is 16.9. The maximum absolute atomic E-state index is 12.8. The van der Waals surface area contributed by atoms with Gasteiger partial charge in [0.1, 0.15) is 10.4 Å². The second kappa shape index (κ2) is 9.92. The summed E-state index contributed by atoms with van der Waals surface area (Å²) in [5.74, 6) is -0.286. The van der Waals surface area contributed by atoms with Gasteiger partial charge in [-0.05, 0) is 44.7 Å². The molecule has 1 aliphatic rings. The topological polar surface area (TPSA) is 103 Å². The Morgan fingerprint density at radius 1 is 1.24 bits per heavy atom. The molecule has 0 aliphatic carbocycles. The average Bonchev–Trinajstić information content (AvgIpc) is 2.98. The predicted molar refractivity (Wildman–Crippen MR) is 114 cm³/mol. The molecule has 9 heteroatoms. The van der Waals surface area contributed by atoms with E-state index in [4.69, 9.17) is 0 Å². The van der Waals surface area contributed by atoms with E-state index >= 15 is 0 Å². The largest absolute Gasteiger partial charge is 0.337 e. The minimum atomic E-state index is -3.54. The summed E-state index contributed by atoms with van der Waals surface area (Å²) >= 11 is 1.23. The quantitative estimate of drug-likeness (QED) is 0.656. The molecular weight excluding hydrogens is 408 g/mol. The van der Waals surface area contributed by atoms with Crippen LogP contribution < -0.4 is 5.32 Å². The van der Waals surface area contributed by atoms with Crippen molar-refractivity contribution < 1.29 is 13.2 Å². The standard InChI is InChI=1S/C20H30N4O3S2/c1-15(2)20(4,14-21)23-19(25)16(3)28-18-10-9-17(13-22-18)29(26,27)24-11-7-5-6-8-12-24/h9-10,13,15-16H,5-8,11-12H2,1-4H3,(H,23,25)/t16-,20-/m1/s1. The SMILES string of the molecule is CC(C)[C@@](C)(C#N)NC(=O)[C@@H](C)Sc1ccc(S(=O)(=O)N2CCCCCC2)cn1. The first-order valence-corrected chi connectivity index (χ1v) is 12.3. The van der Waals surface area contributed by atoms with Gasteiger partial charge in [0.05, 0.1) is 16.3 Å². The first-order valence-electron chi connectivity index (χ1n) is 9.96. The van der Waals surface area contributed by atoms with Crippen molar-refractivity contribution in [3.63, 3.8) is 0 Å². The molecule has 1 fully saturated rings. The Labute approximate surface area is 178 Å². The maximum Gasteiger partial charge on any atom is 0.244 e.